The molecule has 2 rings (SSSR count). The van der Waals surface area contributed by atoms with E-state index < -0.39 is 5.54 Å². The van der Waals surface area contributed by atoms with Crippen molar-refractivity contribution in [2.75, 3.05) is 0 Å². The lowest BCUT2D eigenvalue weighted by Crippen LogP contribution is -2.48. The molecule has 5 heteroatoms. The molecule has 1 aromatic heterocycles. The highest BCUT2D eigenvalue weighted by atomic mass is 16.2. The van der Waals surface area contributed by atoms with Gasteiger partial charge in [0, 0.05) is 13.2 Å². The molecule has 0 spiro atoms. The van der Waals surface area contributed by atoms with Crippen molar-refractivity contribution in [3.8, 4) is 6.07 Å². The van der Waals surface area contributed by atoms with Crippen LogP contribution in [0, 0.1) is 11.3 Å². The first-order chi connectivity index (χ1) is 8.15. The number of nitriles is 1. The molecule has 0 saturated heterocycles. The van der Waals surface area contributed by atoms with E-state index in [0.717, 1.165) is 32.1 Å². The molecule has 5 nitrogen and oxygen atoms in total. The standard InChI is InChI=1S/C12H16N4O/c1-16-7-10(14-9-16)11(17)15-12(8-13)5-3-2-4-6-12/h7,9H,2-6H2,1H3,(H,15,17). The predicted octanol–water partition coefficient (Wildman–Crippen LogP) is 1.38. The van der Waals surface area contributed by atoms with Gasteiger partial charge in [-0.1, -0.05) is 19.3 Å². The van der Waals surface area contributed by atoms with E-state index in [0.29, 0.717) is 5.69 Å². The maximum atomic E-state index is 12.0. The average Bonchev–Trinajstić information content (AvgIpc) is 2.77. The van der Waals surface area contributed by atoms with Crippen LogP contribution < -0.4 is 5.32 Å². The smallest absolute Gasteiger partial charge is 0.272 e. The zero-order chi connectivity index (χ0) is 12.3. The molecule has 1 heterocycles. The summed E-state index contributed by atoms with van der Waals surface area (Å²) in [6.07, 6.45) is 7.84. The number of hydrogen-bond acceptors (Lipinski definition) is 3. The predicted molar refractivity (Wildman–Crippen MR) is 62.1 cm³/mol. The molecule has 1 amide bonds. The first kappa shape index (κ1) is 11.6. The van der Waals surface area contributed by atoms with Gasteiger partial charge in [0.2, 0.25) is 0 Å². The summed E-state index contributed by atoms with van der Waals surface area (Å²) < 4.78 is 1.72. The third kappa shape index (κ3) is 2.47. The molecule has 1 fully saturated rings. The lowest BCUT2D eigenvalue weighted by molar-refractivity contribution is 0.0898. The second-order valence-corrected chi connectivity index (χ2v) is 4.63. The Labute approximate surface area is 100 Å². The maximum absolute atomic E-state index is 12.0. The van der Waals surface area contributed by atoms with Crippen LogP contribution in [0.5, 0.6) is 0 Å². The van der Waals surface area contributed by atoms with Crippen molar-refractivity contribution in [1.29, 1.82) is 5.26 Å². The molecule has 90 valence electrons. The number of aromatic nitrogens is 2. The van der Waals surface area contributed by atoms with E-state index in [-0.39, 0.29) is 5.91 Å². The summed E-state index contributed by atoms with van der Waals surface area (Å²) >= 11 is 0. The number of nitrogens with one attached hydrogen (secondary N) is 1. The van der Waals surface area contributed by atoms with Crippen molar-refractivity contribution in [1.82, 2.24) is 14.9 Å². The van der Waals surface area contributed by atoms with E-state index in [4.69, 9.17) is 0 Å². The molecule has 1 aliphatic rings. The van der Waals surface area contributed by atoms with Crippen molar-refractivity contribution >= 4 is 5.91 Å². The van der Waals surface area contributed by atoms with Crippen LogP contribution in [0.1, 0.15) is 42.6 Å². The molecule has 1 saturated carbocycles. The fourth-order valence-electron chi connectivity index (χ4n) is 2.23. The van der Waals surface area contributed by atoms with Gasteiger partial charge in [-0.25, -0.2) is 4.98 Å². The van der Waals surface area contributed by atoms with E-state index in [2.05, 4.69) is 16.4 Å². The summed E-state index contributed by atoms with van der Waals surface area (Å²) in [6.45, 7) is 0. The molecule has 0 aliphatic heterocycles. The Hall–Kier alpha value is -1.83. The highest BCUT2D eigenvalue weighted by molar-refractivity contribution is 5.92. The second kappa shape index (κ2) is 4.58. The molecule has 0 aromatic carbocycles. The third-order valence-electron chi connectivity index (χ3n) is 3.21. The fraction of sp³-hybridized carbons (Fsp3) is 0.583. The Balaban J connectivity index is 2.09. The summed E-state index contributed by atoms with van der Waals surface area (Å²) in [5.74, 6) is -0.256. The first-order valence-corrected chi connectivity index (χ1v) is 5.87. The number of aryl methyl sites for hydroxylation is 1. The average molecular weight is 232 g/mol. The summed E-state index contributed by atoms with van der Waals surface area (Å²) in [5.41, 5.74) is -0.319. The van der Waals surface area contributed by atoms with Gasteiger partial charge in [-0.05, 0) is 12.8 Å². The summed E-state index contributed by atoms with van der Waals surface area (Å²) in [4.78, 5) is 15.9. The molecule has 1 aromatic rings. The Kier molecular flexibility index (Phi) is 3.14. The van der Waals surface area contributed by atoms with Crippen LogP contribution in [0.15, 0.2) is 12.5 Å². The van der Waals surface area contributed by atoms with Gasteiger partial charge in [-0.3, -0.25) is 4.79 Å². The Morgan fingerprint density at radius 2 is 2.24 bits per heavy atom. The van der Waals surface area contributed by atoms with E-state index in [9.17, 15) is 10.1 Å². The van der Waals surface area contributed by atoms with Crippen molar-refractivity contribution in [3.05, 3.63) is 18.2 Å². The summed E-state index contributed by atoms with van der Waals surface area (Å²) in [5, 5.41) is 12.1. The number of carbonyl (C=O) groups excluding carboxylic acids is 1. The van der Waals surface area contributed by atoms with Crippen molar-refractivity contribution < 1.29 is 4.79 Å². The van der Waals surface area contributed by atoms with Gasteiger partial charge in [0.25, 0.3) is 5.91 Å². The Morgan fingerprint density at radius 3 is 2.76 bits per heavy atom. The van der Waals surface area contributed by atoms with Crippen molar-refractivity contribution in [3.63, 3.8) is 0 Å². The molecule has 17 heavy (non-hydrogen) atoms. The minimum Gasteiger partial charge on any atom is -0.340 e. The lowest BCUT2D eigenvalue weighted by Gasteiger charge is -2.31. The molecule has 0 atom stereocenters. The highest BCUT2D eigenvalue weighted by Crippen LogP contribution is 2.27. The molecule has 1 N–H and O–H groups in total. The van der Waals surface area contributed by atoms with Crippen LogP contribution >= 0.6 is 0 Å². The number of amides is 1. The normalized spacial score (nSPS) is 18.4. The summed E-state index contributed by atoms with van der Waals surface area (Å²) in [6, 6.07) is 2.26. The number of imidazole rings is 1. The Morgan fingerprint density at radius 1 is 1.53 bits per heavy atom. The van der Waals surface area contributed by atoms with E-state index >= 15 is 0 Å². The molecular weight excluding hydrogens is 216 g/mol. The van der Waals surface area contributed by atoms with Crippen LogP contribution in [0.2, 0.25) is 0 Å². The number of nitrogens with zero attached hydrogens (tertiary/aromatic N) is 3. The number of rotatable bonds is 2. The second-order valence-electron chi connectivity index (χ2n) is 4.63. The van der Waals surface area contributed by atoms with Gasteiger partial charge >= 0.3 is 0 Å². The van der Waals surface area contributed by atoms with Gasteiger partial charge in [0.15, 0.2) is 0 Å². The highest BCUT2D eigenvalue weighted by Gasteiger charge is 2.34. The van der Waals surface area contributed by atoms with Gasteiger partial charge in [0.1, 0.15) is 11.2 Å². The van der Waals surface area contributed by atoms with Crippen LogP contribution in [0.3, 0.4) is 0 Å². The maximum Gasteiger partial charge on any atom is 0.272 e. The van der Waals surface area contributed by atoms with E-state index in [1.807, 2.05) is 7.05 Å². The molecule has 0 radical (unpaired) electrons. The third-order valence-corrected chi connectivity index (χ3v) is 3.21. The number of carbonyl (C=O) groups is 1. The monoisotopic (exact) mass is 232 g/mol. The quantitative estimate of drug-likeness (QED) is 0.837. The first-order valence-electron chi connectivity index (χ1n) is 5.87. The van der Waals surface area contributed by atoms with E-state index in [1.54, 1.807) is 17.1 Å². The van der Waals surface area contributed by atoms with Crippen molar-refractivity contribution in [2.45, 2.75) is 37.6 Å². The van der Waals surface area contributed by atoms with Crippen LogP contribution in [0.25, 0.3) is 0 Å². The minimum absolute atomic E-state index is 0.256. The lowest BCUT2D eigenvalue weighted by atomic mass is 9.83. The Bertz CT molecular complexity index is 451. The molecule has 0 bridgehead atoms. The van der Waals surface area contributed by atoms with Crippen molar-refractivity contribution in [2.24, 2.45) is 7.05 Å². The zero-order valence-electron chi connectivity index (χ0n) is 9.94. The van der Waals surface area contributed by atoms with Crippen LogP contribution in [-0.4, -0.2) is 21.0 Å². The van der Waals surface area contributed by atoms with Gasteiger partial charge in [-0.2, -0.15) is 5.26 Å². The topological polar surface area (TPSA) is 70.7 Å². The SMILES string of the molecule is Cn1cnc(C(=O)NC2(C#N)CCCCC2)c1. The fourth-order valence-corrected chi connectivity index (χ4v) is 2.23. The molecule has 0 unspecified atom stereocenters. The molecule has 1 aliphatic carbocycles. The van der Waals surface area contributed by atoms with Gasteiger partial charge in [-0.15, -0.1) is 0 Å². The van der Waals surface area contributed by atoms with Gasteiger partial charge in [0.05, 0.1) is 12.4 Å². The summed E-state index contributed by atoms with van der Waals surface area (Å²) in [7, 11) is 1.81. The van der Waals surface area contributed by atoms with Crippen LogP contribution in [-0.2, 0) is 7.05 Å². The zero-order valence-corrected chi connectivity index (χ0v) is 9.94. The minimum atomic E-state index is -0.688. The van der Waals surface area contributed by atoms with Crippen LogP contribution in [0.4, 0.5) is 0 Å². The van der Waals surface area contributed by atoms with E-state index in [1.165, 1.54) is 0 Å². The van der Waals surface area contributed by atoms with Gasteiger partial charge < -0.3 is 9.88 Å². The molecular formula is C12H16N4O. The largest absolute Gasteiger partial charge is 0.340 e. The number of hydrogen-bond donors (Lipinski definition) is 1.